The molecular formula is C10H19NO3. The molecule has 0 spiro atoms. The summed E-state index contributed by atoms with van der Waals surface area (Å²) in [7, 11) is 3.58. The molecule has 4 heteroatoms. The van der Waals surface area contributed by atoms with Crippen molar-refractivity contribution in [3.63, 3.8) is 0 Å². The van der Waals surface area contributed by atoms with Crippen LogP contribution in [0, 0.1) is 5.41 Å². The third-order valence-electron chi connectivity index (χ3n) is 1.94. The highest BCUT2D eigenvalue weighted by atomic mass is 16.5. The molecule has 0 rings (SSSR count). The maximum atomic E-state index is 11.6. The minimum atomic E-state index is -1.04. The Bertz CT molecular complexity index is 221. The summed E-state index contributed by atoms with van der Waals surface area (Å²) in [5, 5.41) is 0. The predicted octanol–water partition coefficient (Wildman–Crippen LogP) is 0.706. The van der Waals surface area contributed by atoms with E-state index in [4.69, 9.17) is 4.74 Å². The second-order valence-corrected chi connectivity index (χ2v) is 4.01. The van der Waals surface area contributed by atoms with Gasteiger partial charge in [0.25, 0.3) is 0 Å². The van der Waals surface area contributed by atoms with E-state index in [2.05, 4.69) is 0 Å². The van der Waals surface area contributed by atoms with E-state index < -0.39 is 11.4 Å². The number of ketones is 1. The van der Waals surface area contributed by atoms with Gasteiger partial charge in [0.2, 0.25) is 0 Å². The molecule has 0 saturated carbocycles. The van der Waals surface area contributed by atoms with Gasteiger partial charge < -0.3 is 9.64 Å². The number of likely N-dealkylation sites (N-methyl/N-ethyl adjacent to an activating group) is 1. The lowest BCUT2D eigenvalue weighted by Crippen LogP contribution is -2.40. The Morgan fingerprint density at radius 3 is 2.14 bits per heavy atom. The second kappa shape index (κ2) is 5.10. The molecule has 4 nitrogen and oxygen atoms in total. The molecule has 0 bridgehead atoms. The average molecular weight is 201 g/mol. The summed E-state index contributed by atoms with van der Waals surface area (Å²) in [6.07, 6.45) is 0. The van der Waals surface area contributed by atoms with Gasteiger partial charge >= 0.3 is 5.97 Å². The van der Waals surface area contributed by atoms with Crippen molar-refractivity contribution in [2.75, 3.05) is 27.2 Å². The molecular weight excluding hydrogens is 182 g/mol. The van der Waals surface area contributed by atoms with Crippen molar-refractivity contribution in [1.29, 1.82) is 0 Å². The van der Waals surface area contributed by atoms with E-state index in [1.54, 1.807) is 39.8 Å². The number of ether oxygens (including phenoxy) is 1. The molecule has 0 amide bonds. The fourth-order valence-corrected chi connectivity index (χ4v) is 0.910. The molecule has 0 aromatic rings. The lowest BCUT2D eigenvalue weighted by atomic mass is 9.88. The minimum absolute atomic E-state index is 0.124. The van der Waals surface area contributed by atoms with Gasteiger partial charge in [-0.3, -0.25) is 9.59 Å². The summed E-state index contributed by atoms with van der Waals surface area (Å²) < 4.78 is 4.83. The molecule has 0 aromatic carbocycles. The third kappa shape index (κ3) is 3.46. The fraction of sp³-hybridized carbons (Fsp3) is 0.800. The zero-order valence-corrected chi connectivity index (χ0v) is 9.59. The number of hydrogen-bond acceptors (Lipinski definition) is 4. The van der Waals surface area contributed by atoms with Crippen LogP contribution in [0.15, 0.2) is 0 Å². The van der Waals surface area contributed by atoms with Crippen LogP contribution in [-0.2, 0) is 14.3 Å². The first-order valence-electron chi connectivity index (χ1n) is 4.67. The first-order chi connectivity index (χ1) is 6.32. The molecule has 0 atom stereocenters. The van der Waals surface area contributed by atoms with E-state index in [-0.39, 0.29) is 12.3 Å². The summed E-state index contributed by atoms with van der Waals surface area (Å²) in [4.78, 5) is 24.8. The van der Waals surface area contributed by atoms with Gasteiger partial charge in [-0.15, -0.1) is 0 Å². The van der Waals surface area contributed by atoms with Gasteiger partial charge in [0.05, 0.1) is 13.2 Å². The van der Waals surface area contributed by atoms with Gasteiger partial charge in [-0.05, 0) is 34.9 Å². The van der Waals surface area contributed by atoms with Gasteiger partial charge in [0, 0.05) is 0 Å². The number of rotatable bonds is 5. The van der Waals surface area contributed by atoms with E-state index in [0.717, 1.165) is 0 Å². The number of nitrogens with zero attached hydrogens (tertiary/aromatic N) is 1. The van der Waals surface area contributed by atoms with Crippen LogP contribution in [0.2, 0.25) is 0 Å². The quantitative estimate of drug-likeness (QED) is 0.485. The van der Waals surface area contributed by atoms with E-state index >= 15 is 0 Å². The topological polar surface area (TPSA) is 46.6 Å². The predicted molar refractivity (Wildman–Crippen MR) is 54.0 cm³/mol. The fourth-order valence-electron chi connectivity index (χ4n) is 0.910. The number of Topliss-reactive ketones (excluding diaryl/α,β-unsaturated/α-hetero) is 1. The Morgan fingerprint density at radius 2 is 1.79 bits per heavy atom. The number of carbonyl (C=O) groups excluding carboxylic acids is 2. The number of carbonyl (C=O) groups is 2. The largest absolute Gasteiger partial charge is 0.465 e. The normalized spacial score (nSPS) is 11.6. The molecule has 0 aliphatic heterocycles. The van der Waals surface area contributed by atoms with Gasteiger partial charge in [-0.1, -0.05) is 0 Å². The maximum Gasteiger partial charge on any atom is 0.319 e. The number of hydrogen-bond donors (Lipinski definition) is 0. The molecule has 0 radical (unpaired) electrons. The van der Waals surface area contributed by atoms with Gasteiger partial charge in [0.1, 0.15) is 5.41 Å². The SMILES string of the molecule is CCOC(=O)C(C)(C)C(=O)CN(C)C. The summed E-state index contributed by atoms with van der Waals surface area (Å²) in [6.45, 7) is 5.47. The van der Waals surface area contributed by atoms with Crippen molar-refractivity contribution in [2.45, 2.75) is 20.8 Å². The Hall–Kier alpha value is -0.900. The summed E-state index contributed by atoms with van der Waals surface area (Å²) >= 11 is 0. The molecule has 0 aliphatic carbocycles. The molecule has 0 saturated heterocycles. The number of esters is 1. The second-order valence-electron chi connectivity index (χ2n) is 4.01. The maximum absolute atomic E-state index is 11.6. The van der Waals surface area contributed by atoms with E-state index in [0.29, 0.717) is 6.61 Å². The van der Waals surface area contributed by atoms with Crippen molar-refractivity contribution in [3.05, 3.63) is 0 Å². The Labute approximate surface area is 85.2 Å². The van der Waals surface area contributed by atoms with Crippen molar-refractivity contribution in [2.24, 2.45) is 5.41 Å². The van der Waals surface area contributed by atoms with E-state index in [9.17, 15) is 9.59 Å². The van der Waals surface area contributed by atoms with Crippen LogP contribution in [-0.4, -0.2) is 43.9 Å². The van der Waals surface area contributed by atoms with Crippen LogP contribution in [0.5, 0.6) is 0 Å². The first kappa shape index (κ1) is 13.1. The van der Waals surface area contributed by atoms with Crippen molar-refractivity contribution >= 4 is 11.8 Å². The summed E-state index contributed by atoms with van der Waals surface area (Å²) in [6, 6.07) is 0. The molecule has 0 unspecified atom stereocenters. The van der Waals surface area contributed by atoms with E-state index in [1.165, 1.54) is 0 Å². The lowest BCUT2D eigenvalue weighted by Gasteiger charge is -2.22. The minimum Gasteiger partial charge on any atom is -0.465 e. The van der Waals surface area contributed by atoms with Crippen LogP contribution in [0.1, 0.15) is 20.8 Å². The van der Waals surface area contributed by atoms with Crippen LogP contribution >= 0.6 is 0 Å². The van der Waals surface area contributed by atoms with Gasteiger partial charge in [-0.2, -0.15) is 0 Å². The molecule has 0 aromatic heterocycles. The zero-order chi connectivity index (χ0) is 11.4. The van der Waals surface area contributed by atoms with Gasteiger partial charge in [0.15, 0.2) is 5.78 Å². The molecule has 0 fully saturated rings. The monoisotopic (exact) mass is 201 g/mol. The van der Waals surface area contributed by atoms with Crippen LogP contribution in [0.4, 0.5) is 0 Å². The Balaban J connectivity index is 4.44. The van der Waals surface area contributed by atoms with Crippen molar-refractivity contribution in [1.82, 2.24) is 4.90 Å². The summed E-state index contributed by atoms with van der Waals surface area (Å²) in [5.74, 6) is -0.576. The smallest absolute Gasteiger partial charge is 0.319 e. The zero-order valence-electron chi connectivity index (χ0n) is 9.59. The van der Waals surface area contributed by atoms with Crippen LogP contribution in [0.25, 0.3) is 0 Å². The Morgan fingerprint density at radius 1 is 1.29 bits per heavy atom. The molecule has 0 heterocycles. The van der Waals surface area contributed by atoms with E-state index in [1.807, 2.05) is 0 Å². The third-order valence-corrected chi connectivity index (χ3v) is 1.94. The average Bonchev–Trinajstić information content (AvgIpc) is 2.03. The van der Waals surface area contributed by atoms with Crippen LogP contribution < -0.4 is 0 Å². The Kier molecular flexibility index (Phi) is 4.77. The lowest BCUT2D eigenvalue weighted by molar-refractivity contribution is -0.158. The first-order valence-corrected chi connectivity index (χ1v) is 4.67. The van der Waals surface area contributed by atoms with Crippen molar-refractivity contribution < 1.29 is 14.3 Å². The standard InChI is InChI=1S/C10H19NO3/c1-6-14-9(13)10(2,3)8(12)7-11(4)5/h6-7H2,1-5H3. The summed E-state index contributed by atoms with van der Waals surface area (Å²) in [5.41, 5.74) is -1.04. The molecule has 0 N–H and O–H groups in total. The van der Waals surface area contributed by atoms with Crippen LogP contribution in [0.3, 0.4) is 0 Å². The van der Waals surface area contributed by atoms with Gasteiger partial charge in [-0.25, -0.2) is 0 Å². The highest BCUT2D eigenvalue weighted by Crippen LogP contribution is 2.19. The van der Waals surface area contributed by atoms with Crippen molar-refractivity contribution in [3.8, 4) is 0 Å². The molecule has 14 heavy (non-hydrogen) atoms. The highest BCUT2D eigenvalue weighted by Gasteiger charge is 2.36. The molecule has 82 valence electrons. The molecule has 0 aliphatic rings. The highest BCUT2D eigenvalue weighted by molar-refractivity contribution is 6.03.